The van der Waals surface area contributed by atoms with Crippen LogP contribution in [-0.4, -0.2) is 5.54 Å². The minimum Gasteiger partial charge on any atom is -0.331 e. The largest absolute Gasteiger partial charge is 0.331 e. The van der Waals surface area contributed by atoms with Gasteiger partial charge in [-0.05, 0) is 112 Å². The van der Waals surface area contributed by atoms with E-state index in [-0.39, 0.29) is 11.0 Å². The average Bonchev–Trinajstić information content (AvgIpc) is 4.04. The minimum atomic E-state index is -0.501. The van der Waals surface area contributed by atoms with Gasteiger partial charge < -0.3 is 4.90 Å². The predicted molar refractivity (Wildman–Crippen MR) is 241 cm³/mol. The molecule has 4 aliphatic carbocycles. The molecule has 1 atom stereocenters. The smallest absolute Gasteiger partial charge is 0.0720 e. The highest BCUT2D eigenvalue weighted by Crippen LogP contribution is 2.63. The van der Waals surface area contributed by atoms with Crippen molar-refractivity contribution in [1.82, 2.24) is 0 Å². The Morgan fingerprint density at radius 3 is 1.77 bits per heavy atom. The van der Waals surface area contributed by atoms with Crippen molar-refractivity contribution in [3.05, 3.63) is 221 Å². The van der Waals surface area contributed by atoms with Gasteiger partial charge >= 0.3 is 0 Å². The summed E-state index contributed by atoms with van der Waals surface area (Å²) in [5.41, 5.74) is 15.8. The van der Waals surface area contributed by atoms with Crippen molar-refractivity contribution in [1.29, 1.82) is 0 Å². The fraction of sp³-hybridized carbons (Fsp3) is 0.164. The summed E-state index contributed by atoms with van der Waals surface area (Å²) in [6.45, 7) is 2.53. The van der Waals surface area contributed by atoms with Crippen LogP contribution in [0.2, 0.25) is 0 Å². The third-order valence-electron chi connectivity index (χ3n) is 14.1. The number of nitrogens with zero attached hydrogens (tertiary/aromatic N) is 1. The normalized spacial score (nSPS) is 19.5. The van der Waals surface area contributed by atoms with Crippen LogP contribution in [0.3, 0.4) is 0 Å². The Labute approximate surface area is 339 Å². The maximum Gasteiger partial charge on any atom is 0.0720 e. The molecule has 2 heteroatoms. The van der Waals surface area contributed by atoms with E-state index in [1.165, 1.54) is 102 Å². The number of rotatable bonds is 5. The number of fused-ring (bicyclic) bond motifs is 10. The second-order valence-electron chi connectivity index (χ2n) is 16.8. The number of hydrogen-bond donors (Lipinski definition) is 0. The summed E-state index contributed by atoms with van der Waals surface area (Å²) in [6, 6.07) is 64.4. The van der Waals surface area contributed by atoms with Crippen LogP contribution in [-0.2, 0) is 10.8 Å². The van der Waals surface area contributed by atoms with Crippen molar-refractivity contribution in [2.24, 2.45) is 0 Å². The van der Waals surface area contributed by atoms with Crippen LogP contribution in [0.25, 0.3) is 36.9 Å². The Kier molecular flexibility index (Phi) is 7.15. The summed E-state index contributed by atoms with van der Waals surface area (Å²) < 4.78 is 2.65. The van der Waals surface area contributed by atoms with Crippen molar-refractivity contribution < 1.29 is 0 Å². The first-order valence-electron chi connectivity index (χ1n) is 20.7. The van der Waals surface area contributed by atoms with Gasteiger partial charge in [0.25, 0.3) is 0 Å². The van der Waals surface area contributed by atoms with Crippen LogP contribution in [0.4, 0.5) is 11.4 Å². The fourth-order valence-electron chi connectivity index (χ4n) is 12.0. The van der Waals surface area contributed by atoms with E-state index < -0.39 is 5.41 Å². The molecule has 1 nitrogen and oxygen atoms in total. The number of benzene rings is 7. The lowest BCUT2D eigenvalue weighted by Crippen LogP contribution is -2.45. The first-order valence-corrected chi connectivity index (χ1v) is 21.5. The highest BCUT2D eigenvalue weighted by atomic mass is 32.1. The van der Waals surface area contributed by atoms with Crippen LogP contribution in [0.1, 0.15) is 72.4 Å². The van der Waals surface area contributed by atoms with E-state index in [1.807, 2.05) is 11.3 Å². The van der Waals surface area contributed by atoms with Crippen molar-refractivity contribution in [3.63, 3.8) is 0 Å². The summed E-state index contributed by atoms with van der Waals surface area (Å²) in [4.78, 5) is 2.74. The van der Waals surface area contributed by atoms with Gasteiger partial charge in [-0.25, -0.2) is 0 Å². The molecule has 0 radical (unpaired) electrons. The summed E-state index contributed by atoms with van der Waals surface area (Å²) in [5.74, 6) is 0. The highest BCUT2D eigenvalue weighted by molar-refractivity contribution is 7.26. The molecule has 1 aromatic heterocycles. The average molecular weight is 750 g/mol. The van der Waals surface area contributed by atoms with Gasteiger partial charge in [-0.1, -0.05) is 165 Å². The maximum absolute atomic E-state index is 2.74. The van der Waals surface area contributed by atoms with Gasteiger partial charge in [0, 0.05) is 31.3 Å². The van der Waals surface area contributed by atoms with Crippen molar-refractivity contribution >= 4 is 48.5 Å². The monoisotopic (exact) mass is 749 g/mol. The SMILES string of the molecule is CC1(N(c2ccccc2)c2cccc3sc4cccc(C5(c6ccccc6)c6ccccc6-c6ccccc65)c4c23)CC=CC2=C1c1ccccc1C21CCCC1. The van der Waals surface area contributed by atoms with Crippen molar-refractivity contribution in [3.8, 4) is 11.1 Å². The standard InChI is InChI=1S/C55H43NS/c1-53(34-18-30-46-52(53)41-25-10-11-26-42(41)54(46)35-14-15-36-54)56(38-21-6-3-7-22-38)47-31-17-33-49-51(47)50-45(29-16-32-48(50)57-49)55(37-19-4-2-5-20-37)43-27-12-8-23-39(43)40-24-9-13-28-44(40)55/h2-13,16-33H,14-15,34-36H2,1H3. The van der Waals surface area contributed by atoms with E-state index in [4.69, 9.17) is 0 Å². The molecule has 1 fully saturated rings. The summed E-state index contributed by atoms with van der Waals surface area (Å²) in [5, 5.41) is 2.70. The zero-order valence-corrected chi connectivity index (χ0v) is 33.0. The van der Waals surface area contributed by atoms with E-state index in [2.05, 4.69) is 194 Å². The molecule has 0 saturated heterocycles. The van der Waals surface area contributed by atoms with Crippen molar-refractivity contribution in [2.75, 3.05) is 4.90 Å². The van der Waals surface area contributed by atoms with Gasteiger partial charge in [0.2, 0.25) is 0 Å². The van der Waals surface area contributed by atoms with E-state index in [0.717, 1.165) is 6.42 Å². The number of anilines is 2. The molecular formula is C55H43NS. The zero-order valence-electron chi connectivity index (χ0n) is 32.2. The van der Waals surface area contributed by atoms with Crippen LogP contribution in [0, 0.1) is 0 Å². The Morgan fingerprint density at radius 2 is 1.07 bits per heavy atom. The van der Waals surface area contributed by atoms with Crippen LogP contribution >= 0.6 is 11.3 Å². The summed E-state index contributed by atoms with van der Waals surface area (Å²) in [6.07, 6.45) is 11.0. The molecular weight excluding hydrogens is 707 g/mol. The summed E-state index contributed by atoms with van der Waals surface area (Å²) >= 11 is 1.93. The molecule has 274 valence electrons. The molecule has 57 heavy (non-hydrogen) atoms. The lowest BCUT2D eigenvalue weighted by Gasteiger charge is -2.47. The highest BCUT2D eigenvalue weighted by Gasteiger charge is 2.53. The van der Waals surface area contributed by atoms with E-state index >= 15 is 0 Å². The van der Waals surface area contributed by atoms with Gasteiger partial charge in [0.15, 0.2) is 0 Å². The van der Waals surface area contributed by atoms with Gasteiger partial charge in [0.05, 0.1) is 16.6 Å². The van der Waals surface area contributed by atoms with Gasteiger partial charge in [0.1, 0.15) is 0 Å². The Balaban J connectivity index is 1.19. The molecule has 0 N–H and O–H groups in total. The number of thiophene rings is 1. The first-order chi connectivity index (χ1) is 28.1. The molecule has 4 aliphatic rings. The second-order valence-corrected chi connectivity index (χ2v) is 17.9. The molecule has 12 rings (SSSR count). The lowest BCUT2D eigenvalue weighted by molar-refractivity contribution is 0.531. The van der Waals surface area contributed by atoms with Gasteiger partial charge in [-0.15, -0.1) is 11.3 Å². The Morgan fingerprint density at radius 1 is 0.509 bits per heavy atom. The topological polar surface area (TPSA) is 3.24 Å². The molecule has 7 aromatic carbocycles. The quantitative estimate of drug-likeness (QED) is 0.169. The number of hydrogen-bond acceptors (Lipinski definition) is 2. The molecule has 0 bridgehead atoms. The van der Waals surface area contributed by atoms with Crippen molar-refractivity contribution in [2.45, 2.75) is 55.4 Å². The molecule has 8 aromatic rings. The number of allylic oxidation sites excluding steroid dienone is 2. The van der Waals surface area contributed by atoms with Crippen LogP contribution in [0.5, 0.6) is 0 Å². The predicted octanol–water partition coefficient (Wildman–Crippen LogP) is 14.6. The first kappa shape index (κ1) is 33.2. The van der Waals surface area contributed by atoms with E-state index in [1.54, 1.807) is 11.1 Å². The third-order valence-corrected chi connectivity index (χ3v) is 15.2. The molecule has 0 aliphatic heterocycles. The van der Waals surface area contributed by atoms with Gasteiger partial charge in [-0.3, -0.25) is 0 Å². The number of para-hydroxylation sites is 1. The van der Waals surface area contributed by atoms with E-state index in [0.29, 0.717) is 0 Å². The maximum atomic E-state index is 2.74. The second kappa shape index (κ2) is 12.3. The molecule has 1 saturated carbocycles. The summed E-state index contributed by atoms with van der Waals surface area (Å²) in [7, 11) is 0. The van der Waals surface area contributed by atoms with E-state index in [9.17, 15) is 0 Å². The van der Waals surface area contributed by atoms with Crippen LogP contribution < -0.4 is 4.90 Å². The Bertz CT molecular complexity index is 2910. The zero-order chi connectivity index (χ0) is 37.8. The Hall–Kier alpha value is -5.96. The molecule has 0 amide bonds. The molecule has 1 unspecified atom stereocenters. The lowest BCUT2D eigenvalue weighted by atomic mass is 9.66. The fourth-order valence-corrected chi connectivity index (χ4v) is 13.1. The third kappa shape index (κ3) is 4.34. The molecule has 1 spiro atoms. The molecule has 1 heterocycles. The van der Waals surface area contributed by atoms with Gasteiger partial charge in [-0.2, -0.15) is 0 Å². The van der Waals surface area contributed by atoms with Crippen LogP contribution in [0.15, 0.2) is 188 Å². The minimum absolute atomic E-state index is 0.103.